The Kier molecular flexibility index (Phi) is 5.02. The third kappa shape index (κ3) is 3.27. The zero-order valence-electron chi connectivity index (χ0n) is 15.8. The summed E-state index contributed by atoms with van der Waals surface area (Å²) in [6.45, 7) is 4.64. The second-order valence-electron chi connectivity index (χ2n) is 8.19. The van der Waals surface area contributed by atoms with Gasteiger partial charge in [0, 0.05) is 38.3 Å². The molecule has 26 heavy (non-hydrogen) atoms. The average molecular weight is 359 g/mol. The summed E-state index contributed by atoms with van der Waals surface area (Å²) in [4.78, 5) is 19.2. The van der Waals surface area contributed by atoms with E-state index in [2.05, 4.69) is 41.1 Å². The summed E-state index contributed by atoms with van der Waals surface area (Å²) in [5.41, 5.74) is 3.11. The lowest BCUT2D eigenvalue weighted by Gasteiger charge is -2.51. The quantitative estimate of drug-likeness (QED) is 0.811. The normalized spacial score (nSPS) is 24.6. The van der Waals surface area contributed by atoms with Gasteiger partial charge >= 0.3 is 0 Å². The smallest absolute Gasteiger partial charge is 0.236 e. The summed E-state index contributed by atoms with van der Waals surface area (Å²) < 4.78 is 13.3. The topological polar surface area (TPSA) is 26.8 Å². The van der Waals surface area contributed by atoms with Gasteiger partial charge in [-0.05, 0) is 50.3 Å². The number of hydrogen-bond acceptors (Lipinski definition) is 3. The van der Waals surface area contributed by atoms with Crippen molar-refractivity contribution in [2.75, 3.05) is 46.3 Å². The highest BCUT2D eigenvalue weighted by Crippen LogP contribution is 2.42. The van der Waals surface area contributed by atoms with Crippen LogP contribution in [0.3, 0.4) is 0 Å². The second kappa shape index (κ2) is 7.28. The van der Waals surface area contributed by atoms with E-state index in [-0.39, 0.29) is 11.4 Å². The summed E-state index contributed by atoms with van der Waals surface area (Å²) in [7, 11) is 2.25. The Balaban J connectivity index is 1.39. The molecule has 0 radical (unpaired) electrons. The number of piperidine rings is 2. The number of alkyl halides is 1. The van der Waals surface area contributed by atoms with Gasteiger partial charge in [-0.1, -0.05) is 24.3 Å². The molecule has 2 saturated heterocycles. The Hall–Kier alpha value is -1.46. The minimum absolute atomic E-state index is 0.126. The number of halogens is 1. The van der Waals surface area contributed by atoms with E-state index in [4.69, 9.17) is 0 Å². The van der Waals surface area contributed by atoms with Gasteiger partial charge in [-0.2, -0.15) is 0 Å². The predicted molar refractivity (Wildman–Crippen MR) is 101 cm³/mol. The minimum atomic E-state index is -0.726. The van der Waals surface area contributed by atoms with Gasteiger partial charge in [-0.25, -0.2) is 4.39 Å². The molecule has 142 valence electrons. The second-order valence-corrected chi connectivity index (χ2v) is 8.19. The van der Waals surface area contributed by atoms with Crippen LogP contribution in [0.2, 0.25) is 0 Å². The Morgan fingerprint density at radius 3 is 2.54 bits per heavy atom. The van der Waals surface area contributed by atoms with E-state index in [9.17, 15) is 9.18 Å². The molecule has 0 aliphatic carbocycles. The van der Waals surface area contributed by atoms with E-state index >= 15 is 0 Å². The van der Waals surface area contributed by atoms with Gasteiger partial charge in [0.15, 0.2) is 0 Å². The molecule has 3 heterocycles. The summed E-state index contributed by atoms with van der Waals surface area (Å²) in [5.74, 6) is 0.172. The SMILES string of the molecule is CN1CCc2ccccc2C12CCN(CC(=O)N1CCC(F)CC1)CC2. The van der Waals surface area contributed by atoms with Crippen molar-refractivity contribution in [2.24, 2.45) is 0 Å². The number of amides is 1. The molecule has 0 atom stereocenters. The molecular weight excluding hydrogens is 329 g/mol. The molecule has 5 heteroatoms. The fourth-order valence-corrected chi connectivity index (χ4v) is 5.02. The monoisotopic (exact) mass is 359 g/mol. The zero-order chi connectivity index (χ0) is 18.1. The highest BCUT2D eigenvalue weighted by Gasteiger charge is 2.43. The number of benzene rings is 1. The first kappa shape index (κ1) is 17.9. The fourth-order valence-electron chi connectivity index (χ4n) is 5.02. The molecule has 1 spiro atoms. The van der Waals surface area contributed by atoms with Gasteiger partial charge in [0.1, 0.15) is 6.17 Å². The van der Waals surface area contributed by atoms with Crippen LogP contribution in [0.5, 0.6) is 0 Å². The Labute approximate surface area is 155 Å². The van der Waals surface area contributed by atoms with Crippen LogP contribution in [-0.4, -0.2) is 73.1 Å². The van der Waals surface area contributed by atoms with Gasteiger partial charge in [-0.3, -0.25) is 14.6 Å². The first-order valence-electron chi connectivity index (χ1n) is 10.0. The molecule has 0 N–H and O–H groups in total. The number of fused-ring (bicyclic) bond motifs is 2. The Morgan fingerprint density at radius 1 is 1.12 bits per heavy atom. The zero-order valence-corrected chi connectivity index (χ0v) is 15.8. The molecule has 4 nitrogen and oxygen atoms in total. The van der Waals surface area contributed by atoms with Crippen molar-refractivity contribution in [1.29, 1.82) is 0 Å². The lowest BCUT2D eigenvalue weighted by Crippen LogP contribution is -2.56. The number of carbonyl (C=O) groups excluding carboxylic acids is 1. The number of rotatable bonds is 2. The van der Waals surface area contributed by atoms with E-state index in [0.29, 0.717) is 32.5 Å². The van der Waals surface area contributed by atoms with Crippen LogP contribution in [0.25, 0.3) is 0 Å². The van der Waals surface area contributed by atoms with Crippen molar-refractivity contribution in [3.05, 3.63) is 35.4 Å². The number of carbonyl (C=O) groups is 1. The summed E-state index contributed by atoms with van der Waals surface area (Å²) in [6.07, 6.45) is 3.53. The van der Waals surface area contributed by atoms with Gasteiger partial charge in [0.05, 0.1) is 6.54 Å². The summed E-state index contributed by atoms with van der Waals surface area (Å²) >= 11 is 0. The minimum Gasteiger partial charge on any atom is -0.341 e. The van der Waals surface area contributed by atoms with Crippen LogP contribution in [0, 0.1) is 0 Å². The van der Waals surface area contributed by atoms with Crippen molar-refractivity contribution >= 4 is 5.91 Å². The summed E-state index contributed by atoms with van der Waals surface area (Å²) in [6, 6.07) is 8.87. The molecule has 0 saturated carbocycles. The maximum atomic E-state index is 13.3. The third-order valence-electron chi connectivity index (χ3n) is 6.79. The largest absolute Gasteiger partial charge is 0.341 e. The van der Waals surface area contributed by atoms with Crippen LogP contribution in [-0.2, 0) is 16.8 Å². The Morgan fingerprint density at radius 2 is 1.81 bits per heavy atom. The standard InChI is InChI=1S/C21H30FN3O/c1-23-11-6-17-4-2-3-5-19(17)21(23)9-14-24(15-10-21)16-20(26)25-12-7-18(22)8-13-25/h2-5,18H,6-16H2,1H3. The maximum Gasteiger partial charge on any atom is 0.236 e. The van der Waals surface area contributed by atoms with Crippen LogP contribution in [0.1, 0.15) is 36.8 Å². The van der Waals surface area contributed by atoms with E-state index in [1.807, 2.05) is 4.90 Å². The molecule has 3 aliphatic heterocycles. The maximum absolute atomic E-state index is 13.3. The number of likely N-dealkylation sites (tertiary alicyclic amines) is 2. The highest BCUT2D eigenvalue weighted by atomic mass is 19.1. The Bertz CT molecular complexity index is 648. The molecular formula is C21H30FN3O. The number of nitrogens with zero attached hydrogens (tertiary/aromatic N) is 3. The molecule has 1 amide bonds. The first-order valence-corrected chi connectivity index (χ1v) is 10.0. The molecule has 0 bridgehead atoms. The van der Waals surface area contributed by atoms with Gasteiger partial charge in [0.2, 0.25) is 5.91 Å². The molecule has 1 aromatic carbocycles. The number of likely N-dealkylation sites (N-methyl/N-ethyl adjacent to an activating group) is 1. The highest BCUT2D eigenvalue weighted by molar-refractivity contribution is 5.78. The van der Waals surface area contributed by atoms with Crippen molar-refractivity contribution < 1.29 is 9.18 Å². The molecule has 4 rings (SSSR count). The van der Waals surface area contributed by atoms with Crippen molar-refractivity contribution in [1.82, 2.24) is 14.7 Å². The fraction of sp³-hybridized carbons (Fsp3) is 0.667. The van der Waals surface area contributed by atoms with E-state index < -0.39 is 6.17 Å². The van der Waals surface area contributed by atoms with Crippen molar-refractivity contribution in [2.45, 2.75) is 43.8 Å². The lowest BCUT2D eigenvalue weighted by molar-refractivity contribution is -0.134. The van der Waals surface area contributed by atoms with Crippen LogP contribution < -0.4 is 0 Å². The molecule has 0 unspecified atom stereocenters. The van der Waals surface area contributed by atoms with Crippen LogP contribution in [0.4, 0.5) is 4.39 Å². The van der Waals surface area contributed by atoms with Crippen molar-refractivity contribution in [3.63, 3.8) is 0 Å². The van der Waals surface area contributed by atoms with E-state index in [0.717, 1.165) is 38.9 Å². The summed E-state index contributed by atoms with van der Waals surface area (Å²) in [5, 5.41) is 0. The van der Waals surface area contributed by atoms with E-state index in [1.165, 1.54) is 11.1 Å². The third-order valence-corrected chi connectivity index (χ3v) is 6.79. The van der Waals surface area contributed by atoms with E-state index in [1.54, 1.807) is 0 Å². The van der Waals surface area contributed by atoms with Crippen LogP contribution >= 0.6 is 0 Å². The van der Waals surface area contributed by atoms with Gasteiger partial charge in [0.25, 0.3) is 0 Å². The molecule has 2 fully saturated rings. The number of hydrogen-bond donors (Lipinski definition) is 0. The van der Waals surface area contributed by atoms with Gasteiger partial charge in [-0.15, -0.1) is 0 Å². The molecule has 0 aromatic heterocycles. The molecule has 3 aliphatic rings. The first-order chi connectivity index (χ1) is 12.6. The van der Waals surface area contributed by atoms with Gasteiger partial charge < -0.3 is 4.90 Å². The van der Waals surface area contributed by atoms with Crippen molar-refractivity contribution in [3.8, 4) is 0 Å². The molecule has 1 aromatic rings. The lowest BCUT2D eigenvalue weighted by atomic mass is 9.74. The van der Waals surface area contributed by atoms with Crippen LogP contribution in [0.15, 0.2) is 24.3 Å². The predicted octanol–water partition coefficient (Wildman–Crippen LogP) is 2.43. The average Bonchev–Trinajstić information content (AvgIpc) is 2.67.